The van der Waals surface area contributed by atoms with Crippen molar-refractivity contribution >= 4 is 17.6 Å². The zero-order valence-electron chi connectivity index (χ0n) is 12.0. The van der Waals surface area contributed by atoms with Crippen LogP contribution in [0, 0.1) is 11.8 Å². The Bertz CT molecular complexity index is 681. The number of carboxylic acid groups (broad SMARTS) is 1. The molecule has 2 aliphatic heterocycles. The van der Waals surface area contributed by atoms with E-state index in [1.807, 2.05) is 18.2 Å². The second-order valence-electron chi connectivity index (χ2n) is 6.15. The lowest BCUT2D eigenvalue weighted by molar-refractivity contribution is -0.313. The number of rotatable bonds is 3. The molecular formula is C17H16NO4-. The molecule has 22 heavy (non-hydrogen) atoms. The zero-order chi connectivity index (χ0) is 15.3. The second-order valence-corrected chi connectivity index (χ2v) is 6.15. The van der Waals surface area contributed by atoms with Gasteiger partial charge in [-0.15, -0.1) is 0 Å². The molecule has 4 rings (SSSR count). The molecule has 0 radical (unpaired) electrons. The summed E-state index contributed by atoms with van der Waals surface area (Å²) < 4.78 is 5.50. The minimum absolute atomic E-state index is 0.316. The summed E-state index contributed by atoms with van der Waals surface area (Å²) in [6.07, 6.45) is 5.70. The van der Waals surface area contributed by atoms with Crippen molar-refractivity contribution in [2.75, 3.05) is 5.32 Å². The van der Waals surface area contributed by atoms with Crippen molar-refractivity contribution in [3.63, 3.8) is 0 Å². The van der Waals surface area contributed by atoms with Crippen LogP contribution in [0.2, 0.25) is 0 Å². The third-order valence-corrected chi connectivity index (χ3v) is 4.84. The summed E-state index contributed by atoms with van der Waals surface area (Å²) in [7, 11) is 0. The monoisotopic (exact) mass is 298 g/mol. The molecule has 1 amide bonds. The van der Waals surface area contributed by atoms with Crippen LogP contribution >= 0.6 is 0 Å². The maximum absolute atomic E-state index is 12.5. The Labute approximate surface area is 128 Å². The van der Waals surface area contributed by atoms with E-state index in [1.54, 1.807) is 12.2 Å². The van der Waals surface area contributed by atoms with E-state index in [4.69, 9.17) is 4.74 Å². The molecule has 1 aliphatic carbocycles. The van der Waals surface area contributed by atoms with Gasteiger partial charge in [-0.2, -0.15) is 0 Å². The van der Waals surface area contributed by atoms with Gasteiger partial charge in [-0.3, -0.25) is 4.79 Å². The fourth-order valence-electron chi connectivity index (χ4n) is 3.78. The van der Waals surface area contributed by atoms with Gasteiger partial charge in [-0.25, -0.2) is 0 Å². The number of carboxylic acids is 1. The maximum Gasteiger partial charge on any atom is 0.231 e. The third kappa shape index (κ3) is 2.04. The number of benzene rings is 1. The van der Waals surface area contributed by atoms with Crippen LogP contribution in [-0.2, 0) is 27.2 Å². The first kappa shape index (κ1) is 13.5. The molecule has 114 valence electrons. The number of ether oxygens (including phenoxy) is 1. The van der Waals surface area contributed by atoms with Gasteiger partial charge in [0.25, 0.3) is 0 Å². The van der Waals surface area contributed by atoms with Crippen molar-refractivity contribution in [2.24, 2.45) is 11.8 Å². The highest BCUT2D eigenvalue weighted by molar-refractivity contribution is 5.96. The van der Waals surface area contributed by atoms with Crippen LogP contribution in [0.3, 0.4) is 0 Å². The van der Waals surface area contributed by atoms with Gasteiger partial charge in [0.2, 0.25) is 5.91 Å². The lowest BCUT2D eigenvalue weighted by Gasteiger charge is -2.25. The topological polar surface area (TPSA) is 78.5 Å². The molecule has 1 saturated heterocycles. The Balaban J connectivity index is 1.55. The summed E-state index contributed by atoms with van der Waals surface area (Å²) in [6.45, 7) is 0. The minimum Gasteiger partial charge on any atom is -0.550 e. The number of hydrogen-bond acceptors (Lipinski definition) is 4. The molecule has 1 aromatic carbocycles. The molecule has 2 bridgehead atoms. The highest BCUT2D eigenvalue weighted by Gasteiger charge is 2.50. The molecule has 2 heterocycles. The van der Waals surface area contributed by atoms with Crippen LogP contribution in [0.25, 0.3) is 0 Å². The summed E-state index contributed by atoms with van der Waals surface area (Å²) >= 11 is 0. The summed E-state index contributed by atoms with van der Waals surface area (Å²) in [5.41, 5.74) is 3.31. The first-order valence-corrected chi connectivity index (χ1v) is 7.61. The Kier molecular flexibility index (Phi) is 3.04. The molecule has 0 saturated carbocycles. The lowest BCUT2D eigenvalue weighted by Crippen LogP contribution is -2.45. The smallest absolute Gasteiger partial charge is 0.231 e. The van der Waals surface area contributed by atoms with Crippen LogP contribution < -0.4 is 10.4 Å². The van der Waals surface area contributed by atoms with Gasteiger partial charge in [0, 0.05) is 17.6 Å². The predicted octanol–water partition coefficient (Wildman–Crippen LogP) is 0.433. The summed E-state index contributed by atoms with van der Waals surface area (Å²) in [4.78, 5) is 23.8. The number of carbonyl (C=O) groups is 2. The van der Waals surface area contributed by atoms with E-state index < -0.39 is 30.0 Å². The lowest BCUT2D eigenvalue weighted by atomic mass is 9.82. The highest BCUT2D eigenvalue weighted by Crippen LogP contribution is 2.39. The molecular weight excluding hydrogens is 282 g/mol. The average Bonchev–Trinajstić information content (AvgIpc) is 3.20. The van der Waals surface area contributed by atoms with Crippen molar-refractivity contribution in [1.82, 2.24) is 0 Å². The largest absolute Gasteiger partial charge is 0.550 e. The summed E-state index contributed by atoms with van der Waals surface area (Å²) in [5, 5.41) is 14.1. The highest BCUT2D eigenvalue weighted by atomic mass is 16.5. The zero-order valence-corrected chi connectivity index (χ0v) is 12.0. The summed E-state index contributed by atoms with van der Waals surface area (Å²) in [5.74, 6) is -3.19. The van der Waals surface area contributed by atoms with Gasteiger partial charge >= 0.3 is 0 Å². The molecule has 5 heteroatoms. The van der Waals surface area contributed by atoms with E-state index in [9.17, 15) is 14.7 Å². The number of anilines is 1. The van der Waals surface area contributed by atoms with Crippen molar-refractivity contribution < 1.29 is 19.4 Å². The van der Waals surface area contributed by atoms with E-state index in [0.717, 1.165) is 24.9 Å². The number of nitrogens with one attached hydrogen (secondary N) is 1. The van der Waals surface area contributed by atoms with Crippen molar-refractivity contribution in [3.8, 4) is 0 Å². The van der Waals surface area contributed by atoms with E-state index in [2.05, 4.69) is 5.32 Å². The van der Waals surface area contributed by atoms with Gasteiger partial charge in [0.1, 0.15) is 0 Å². The molecule has 1 fully saturated rings. The third-order valence-electron chi connectivity index (χ3n) is 4.84. The van der Waals surface area contributed by atoms with Gasteiger partial charge in [-0.05, 0) is 42.5 Å². The van der Waals surface area contributed by atoms with Crippen LogP contribution in [0.15, 0.2) is 30.4 Å². The predicted molar refractivity (Wildman–Crippen MR) is 76.9 cm³/mol. The minimum atomic E-state index is -1.23. The first-order chi connectivity index (χ1) is 10.6. The van der Waals surface area contributed by atoms with Gasteiger partial charge in [0.05, 0.1) is 18.1 Å². The Morgan fingerprint density at radius 2 is 1.82 bits per heavy atom. The number of aliphatic carboxylic acids is 1. The Hall–Kier alpha value is -2.14. The number of carbonyl (C=O) groups excluding carboxylic acids is 2. The number of fused-ring (bicyclic) bond motifs is 3. The number of amides is 1. The van der Waals surface area contributed by atoms with E-state index in [-0.39, 0.29) is 5.91 Å². The van der Waals surface area contributed by atoms with Crippen LogP contribution in [-0.4, -0.2) is 24.1 Å². The van der Waals surface area contributed by atoms with Crippen LogP contribution in [0.1, 0.15) is 17.5 Å². The average molecular weight is 298 g/mol. The van der Waals surface area contributed by atoms with Crippen molar-refractivity contribution in [1.29, 1.82) is 0 Å². The standard InChI is InChI=1S/C17H17NO4/c19-16(14-12-6-7-13(22-12)15(14)17(20)21)18-11-5-4-9-2-1-3-10(9)8-11/h4-8,12-15H,1-3H2,(H,18,19)(H,20,21)/p-1/t12-,13+,14-,15+/m1/s1. The molecule has 3 aliphatic rings. The van der Waals surface area contributed by atoms with Gasteiger partial charge < -0.3 is 20.0 Å². The van der Waals surface area contributed by atoms with E-state index >= 15 is 0 Å². The van der Waals surface area contributed by atoms with Gasteiger partial charge in [-0.1, -0.05) is 18.2 Å². The molecule has 1 aromatic rings. The Morgan fingerprint density at radius 3 is 2.59 bits per heavy atom. The van der Waals surface area contributed by atoms with Crippen LogP contribution in [0.4, 0.5) is 5.69 Å². The summed E-state index contributed by atoms with van der Waals surface area (Å²) in [6, 6.07) is 5.89. The van der Waals surface area contributed by atoms with E-state index in [0.29, 0.717) is 0 Å². The maximum atomic E-state index is 12.5. The molecule has 5 nitrogen and oxygen atoms in total. The Morgan fingerprint density at radius 1 is 1.09 bits per heavy atom. The number of hydrogen-bond donors (Lipinski definition) is 1. The quantitative estimate of drug-likeness (QED) is 0.821. The second kappa shape index (κ2) is 4.95. The van der Waals surface area contributed by atoms with Crippen LogP contribution in [0.5, 0.6) is 0 Å². The number of aryl methyl sites for hydroxylation is 2. The van der Waals surface area contributed by atoms with E-state index in [1.165, 1.54) is 11.1 Å². The van der Waals surface area contributed by atoms with Gasteiger partial charge in [0.15, 0.2) is 0 Å². The fraction of sp³-hybridized carbons (Fsp3) is 0.412. The first-order valence-electron chi connectivity index (χ1n) is 7.61. The molecule has 0 aromatic heterocycles. The molecule has 1 N–H and O–H groups in total. The molecule has 4 atom stereocenters. The molecule has 0 unspecified atom stereocenters. The van der Waals surface area contributed by atoms with Crippen molar-refractivity contribution in [3.05, 3.63) is 41.5 Å². The fourth-order valence-corrected chi connectivity index (χ4v) is 3.78. The normalized spacial score (nSPS) is 31.3. The SMILES string of the molecule is O=C([O-])[C@@H]1[C@H](C(=O)Nc2ccc3c(c2)CCC3)[C@H]2C=C[C@@H]1O2. The van der Waals surface area contributed by atoms with Crippen molar-refractivity contribution in [2.45, 2.75) is 31.5 Å². The molecule has 0 spiro atoms.